The molecule has 2 amide bonds. The number of anilines is 1. The van der Waals surface area contributed by atoms with Gasteiger partial charge in [-0.25, -0.2) is 4.39 Å². The first-order chi connectivity index (χ1) is 14.5. The molecule has 2 aliphatic heterocycles. The number of rotatable bonds is 5. The highest BCUT2D eigenvalue weighted by Gasteiger charge is 2.40. The summed E-state index contributed by atoms with van der Waals surface area (Å²) in [7, 11) is 1.64. The zero-order valence-electron chi connectivity index (χ0n) is 17.1. The normalized spacial score (nSPS) is 20.5. The topological polar surface area (TPSA) is 59.1 Å². The largest absolute Gasteiger partial charge is 0.494 e. The molecule has 30 heavy (non-hydrogen) atoms. The molecule has 1 saturated heterocycles. The van der Waals surface area contributed by atoms with E-state index in [-0.39, 0.29) is 30.0 Å². The lowest BCUT2D eigenvalue weighted by molar-refractivity contribution is -0.141. The van der Waals surface area contributed by atoms with Crippen molar-refractivity contribution in [2.24, 2.45) is 5.92 Å². The van der Waals surface area contributed by atoms with Crippen LogP contribution in [-0.2, 0) is 16.0 Å². The van der Waals surface area contributed by atoms with Gasteiger partial charge in [0.15, 0.2) is 0 Å². The average molecular weight is 412 g/mol. The molecule has 2 aliphatic rings. The molecule has 6 nitrogen and oxygen atoms in total. The summed E-state index contributed by atoms with van der Waals surface area (Å²) in [6.45, 7) is 3.12. The minimum Gasteiger partial charge on any atom is -0.494 e. The van der Waals surface area contributed by atoms with Crippen LogP contribution in [0.3, 0.4) is 0 Å². The molecule has 2 atom stereocenters. The number of carbonyl (C=O) groups is 2. The van der Waals surface area contributed by atoms with Crippen molar-refractivity contribution in [3.05, 3.63) is 53.8 Å². The lowest BCUT2D eigenvalue weighted by Crippen LogP contribution is -2.47. The van der Waals surface area contributed by atoms with E-state index in [2.05, 4.69) is 0 Å². The lowest BCUT2D eigenvalue weighted by atomic mass is 9.95. The predicted molar refractivity (Wildman–Crippen MR) is 110 cm³/mol. The van der Waals surface area contributed by atoms with Gasteiger partial charge in [-0.1, -0.05) is 12.1 Å². The molecule has 2 aromatic carbocycles. The predicted octanol–water partition coefficient (Wildman–Crippen LogP) is 3.04. The van der Waals surface area contributed by atoms with Crippen LogP contribution < -0.4 is 14.4 Å². The standard InChI is InChI=1S/C23H25FN2O4/c1-3-29-17-8-9-21-15(13-17)12-16(14-30-21)22(27)25(2)20-10-11-26(23(20)28)19-7-5-4-6-18(19)24/h4-9,13,16,20H,3,10-12,14H2,1-2H3. The fourth-order valence-corrected chi connectivity index (χ4v) is 4.16. The first-order valence-electron chi connectivity index (χ1n) is 10.2. The zero-order valence-corrected chi connectivity index (χ0v) is 17.1. The highest BCUT2D eigenvalue weighted by Crippen LogP contribution is 2.32. The summed E-state index contributed by atoms with van der Waals surface area (Å²) < 4.78 is 25.4. The first-order valence-corrected chi connectivity index (χ1v) is 10.2. The van der Waals surface area contributed by atoms with Gasteiger partial charge in [0.1, 0.15) is 30.0 Å². The second kappa shape index (κ2) is 8.34. The number of para-hydroxylation sites is 1. The summed E-state index contributed by atoms with van der Waals surface area (Å²) in [5, 5.41) is 0. The summed E-state index contributed by atoms with van der Waals surface area (Å²) in [4.78, 5) is 29.0. The lowest BCUT2D eigenvalue weighted by Gasteiger charge is -2.31. The van der Waals surface area contributed by atoms with E-state index >= 15 is 0 Å². The minimum atomic E-state index is -0.603. The number of hydrogen-bond donors (Lipinski definition) is 0. The van der Waals surface area contributed by atoms with Crippen LogP contribution in [0, 0.1) is 11.7 Å². The van der Waals surface area contributed by atoms with Gasteiger partial charge < -0.3 is 19.3 Å². The van der Waals surface area contributed by atoms with E-state index in [0.29, 0.717) is 26.0 Å². The maximum Gasteiger partial charge on any atom is 0.249 e. The van der Waals surface area contributed by atoms with Gasteiger partial charge in [-0.15, -0.1) is 0 Å². The molecule has 0 aliphatic carbocycles. The molecule has 4 rings (SSSR count). The number of likely N-dealkylation sites (N-methyl/N-ethyl adjacent to an activating group) is 1. The number of hydrogen-bond acceptors (Lipinski definition) is 4. The van der Waals surface area contributed by atoms with Gasteiger partial charge >= 0.3 is 0 Å². The Morgan fingerprint density at radius 2 is 2.10 bits per heavy atom. The van der Waals surface area contributed by atoms with E-state index < -0.39 is 11.9 Å². The van der Waals surface area contributed by atoms with Gasteiger partial charge in [-0.05, 0) is 55.7 Å². The Bertz CT molecular complexity index is 964. The fourth-order valence-electron chi connectivity index (χ4n) is 4.16. The number of benzene rings is 2. The Morgan fingerprint density at radius 1 is 1.30 bits per heavy atom. The minimum absolute atomic E-state index is 0.142. The van der Waals surface area contributed by atoms with Crippen LogP contribution >= 0.6 is 0 Å². The van der Waals surface area contributed by atoms with Crippen LogP contribution in [0.25, 0.3) is 0 Å². The van der Waals surface area contributed by atoms with Gasteiger partial charge in [0.2, 0.25) is 11.8 Å². The van der Waals surface area contributed by atoms with Crippen LogP contribution in [0.2, 0.25) is 0 Å². The van der Waals surface area contributed by atoms with Crippen LogP contribution in [0.15, 0.2) is 42.5 Å². The molecular formula is C23H25FN2O4. The zero-order chi connectivity index (χ0) is 21.3. The van der Waals surface area contributed by atoms with Crippen molar-refractivity contribution in [1.82, 2.24) is 4.90 Å². The van der Waals surface area contributed by atoms with Crippen molar-refractivity contribution in [2.75, 3.05) is 31.7 Å². The Kier molecular flexibility index (Phi) is 5.61. The van der Waals surface area contributed by atoms with Gasteiger partial charge in [-0.3, -0.25) is 9.59 Å². The van der Waals surface area contributed by atoms with E-state index in [0.717, 1.165) is 17.1 Å². The van der Waals surface area contributed by atoms with E-state index in [1.54, 1.807) is 25.2 Å². The molecule has 0 aromatic heterocycles. The van der Waals surface area contributed by atoms with E-state index in [4.69, 9.17) is 9.47 Å². The number of ether oxygens (including phenoxy) is 2. The highest BCUT2D eigenvalue weighted by molar-refractivity contribution is 6.01. The molecule has 2 heterocycles. The van der Waals surface area contributed by atoms with Crippen molar-refractivity contribution in [3.63, 3.8) is 0 Å². The Morgan fingerprint density at radius 3 is 2.87 bits per heavy atom. The van der Waals surface area contributed by atoms with E-state index in [1.807, 2.05) is 25.1 Å². The number of fused-ring (bicyclic) bond motifs is 1. The third kappa shape index (κ3) is 3.72. The molecule has 0 N–H and O–H groups in total. The molecule has 0 spiro atoms. The fraction of sp³-hybridized carbons (Fsp3) is 0.391. The summed E-state index contributed by atoms with van der Waals surface area (Å²) in [5.74, 6) is 0.279. The summed E-state index contributed by atoms with van der Waals surface area (Å²) in [5.41, 5.74) is 1.17. The molecule has 2 aromatic rings. The molecule has 7 heteroatoms. The van der Waals surface area contributed by atoms with Crippen molar-refractivity contribution >= 4 is 17.5 Å². The monoisotopic (exact) mass is 412 g/mol. The van der Waals surface area contributed by atoms with Crippen LogP contribution in [-0.4, -0.2) is 49.6 Å². The third-order valence-electron chi connectivity index (χ3n) is 5.73. The Balaban J connectivity index is 1.46. The quantitative estimate of drug-likeness (QED) is 0.758. The van der Waals surface area contributed by atoms with Gasteiger partial charge in [0.05, 0.1) is 18.2 Å². The maximum atomic E-state index is 14.1. The smallest absolute Gasteiger partial charge is 0.249 e. The van der Waals surface area contributed by atoms with Crippen LogP contribution in [0.1, 0.15) is 18.9 Å². The second-order valence-corrected chi connectivity index (χ2v) is 7.61. The van der Waals surface area contributed by atoms with Crippen molar-refractivity contribution in [2.45, 2.75) is 25.8 Å². The molecule has 0 saturated carbocycles. The molecule has 2 unspecified atom stereocenters. The van der Waals surface area contributed by atoms with Crippen molar-refractivity contribution in [3.8, 4) is 11.5 Å². The average Bonchev–Trinajstić information content (AvgIpc) is 3.14. The maximum absolute atomic E-state index is 14.1. The SMILES string of the molecule is CCOc1ccc2c(c1)CC(C(=O)N(C)C1CCN(c3ccccc3F)C1=O)CO2. The van der Waals surface area contributed by atoms with Crippen LogP contribution in [0.5, 0.6) is 11.5 Å². The van der Waals surface area contributed by atoms with Crippen molar-refractivity contribution < 1.29 is 23.5 Å². The van der Waals surface area contributed by atoms with E-state index in [9.17, 15) is 14.0 Å². The third-order valence-corrected chi connectivity index (χ3v) is 5.73. The second-order valence-electron chi connectivity index (χ2n) is 7.61. The van der Waals surface area contributed by atoms with E-state index in [1.165, 1.54) is 15.9 Å². The Labute approximate surface area is 175 Å². The van der Waals surface area contributed by atoms with Gasteiger partial charge in [0, 0.05) is 13.6 Å². The number of halogens is 1. The van der Waals surface area contributed by atoms with Crippen LogP contribution in [0.4, 0.5) is 10.1 Å². The summed E-state index contributed by atoms with van der Waals surface area (Å²) >= 11 is 0. The Hall–Kier alpha value is -3.09. The molecule has 0 radical (unpaired) electrons. The highest BCUT2D eigenvalue weighted by atomic mass is 19.1. The van der Waals surface area contributed by atoms with Crippen molar-refractivity contribution in [1.29, 1.82) is 0 Å². The summed E-state index contributed by atoms with van der Waals surface area (Å²) in [6, 6.07) is 11.2. The number of carbonyl (C=O) groups excluding carboxylic acids is 2. The number of amides is 2. The molecule has 0 bridgehead atoms. The molecule has 1 fully saturated rings. The molecule has 158 valence electrons. The first kappa shape index (κ1) is 20.2. The number of nitrogens with zero attached hydrogens (tertiary/aromatic N) is 2. The van der Waals surface area contributed by atoms with Gasteiger partial charge in [-0.2, -0.15) is 0 Å². The molecular weight excluding hydrogens is 387 g/mol. The summed E-state index contributed by atoms with van der Waals surface area (Å²) in [6.07, 6.45) is 0.991. The van der Waals surface area contributed by atoms with Gasteiger partial charge in [0.25, 0.3) is 0 Å².